The fourth-order valence-electron chi connectivity index (χ4n) is 6.60. The van der Waals surface area contributed by atoms with Crippen molar-refractivity contribution in [2.24, 2.45) is 18.9 Å². The molecule has 4 heterocycles. The van der Waals surface area contributed by atoms with Crippen molar-refractivity contribution < 1.29 is 9.53 Å². The van der Waals surface area contributed by atoms with Crippen molar-refractivity contribution in [3.05, 3.63) is 76.4 Å². The van der Waals surface area contributed by atoms with Crippen molar-refractivity contribution in [1.82, 2.24) is 19.7 Å². The normalized spacial score (nSPS) is 23.2. The fourth-order valence-corrected chi connectivity index (χ4v) is 6.60. The molecule has 0 N–H and O–H groups in total. The summed E-state index contributed by atoms with van der Waals surface area (Å²) in [6, 6.07) is 13.0. The lowest BCUT2D eigenvalue weighted by molar-refractivity contribution is -0.0611. The number of hydrogen-bond donors (Lipinski definition) is 0. The first-order valence-corrected chi connectivity index (χ1v) is 13.5. The lowest BCUT2D eigenvalue weighted by Crippen LogP contribution is -2.49. The molecule has 3 aromatic rings. The number of hydrogen-bond acceptors (Lipinski definition) is 5. The van der Waals surface area contributed by atoms with Crippen LogP contribution in [0.25, 0.3) is 0 Å². The van der Waals surface area contributed by atoms with E-state index in [1.807, 2.05) is 16.5 Å². The highest BCUT2D eigenvalue weighted by Gasteiger charge is 2.43. The van der Waals surface area contributed by atoms with Crippen molar-refractivity contribution >= 4 is 11.6 Å². The molecule has 2 aromatic carbocycles. The van der Waals surface area contributed by atoms with Gasteiger partial charge >= 0.3 is 0 Å². The number of ether oxygens (including phenoxy) is 1. The molecular weight excluding hydrogens is 462 g/mol. The lowest BCUT2D eigenvalue weighted by atomic mass is 9.75. The minimum Gasteiger partial charge on any atom is -0.379 e. The predicted octanol–water partition coefficient (Wildman–Crippen LogP) is 4.27. The van der Waals surface area contributed by atoms with Crippen LogP contribution in [0.4, 0.5) is 5.69 Å². The number of likely N-dealkylation sites (tertiary alicyclic amines) is 1. The van der Waals surface area contributed by atoms with Gasteiger partial charge in [0.05, 0.1) is 19.8 Å². The van der Waals surface area contributed by atoms with Gasteiger partial charge in [0.25, 0.3) is 5.91 Å². The monoisotopic (exact) mass is 499 g/mol. The summed E-state index contributed by atoms with van der Waals surface area (Å²) in [5.41, 5.74) is 6.36. The molecule has 0 radical (unpaired) electrons. The van der Waals surface area contributed by atoms with E-state index in [2.05, 4.69) is 72.3 Å². The SMILES string of the molecule is Cc1cc(CN2C[C@@H](C)C[C@H](C)C2)cc(N2Cc3ccc(C4(Cc5nncn5C)COC4)cc3C2=O)c1. The van der Waals surface area contributed by atoms with Crippen LogP contribution in [0.5, 0.6) is 0 Å². The van der Waals surface area contributed by atoms with Gasteiger partial charge in [-0.15, -0.1) is 10.2 Å². The Labute approximate surface area is 219 Å². The number of piperidine rings is 1. The molecule has 0 aliphatic carbocycles. The largest absolute Gasteiger partial charge is 0.379 e. The van der Waals surface area contributed by atoms with E-state index in [9.17, 15) is 4.79 Å². The molecule has 1 amide bonds. The summed E-state index contributed by atoms with van der Waals surface area (Å²) in [5, 5.41) is 8.33. The zero-order chi connectivity index (χ0) is 25.7. The molecule has 194 valence electrons. The number of aryl methyl sites for hydroxylation is 2. The quantitative estimate of drug-likeness (QED) is 0.507. The molecule has 0 bridgehead atoms. The maximum Gasteiger partial charge on any atom is 0.258 e. The Balaban J connectivity index is 1.24. The van der Waals surface area contributed by atoms with E-state index in [0.29, 0.717) is 19.8 Å². The third kappa shape index (κ3) is 4.59. The van der Waals surface area contributed by atoms with Gasteiger partial charge in [0, 0.05) is 49.8 Å². The van der Waals surface area contributed by atoms with Gasteiger partial charge in [-0.05, 0) is 65.6 Å². The lowest BCUT2D eigenvalue weighted by Gasteiger charge is -2.41. The summed E-state index contributed by atoms with van der Waals surface area (Å²) in [4.78, 5) is 18.2. The standard InChI is InChI=1S/C30H37N5O2/c1-20-8-23(15-34-13-21(2)7-22(3)14-34)10-26(9-20)35-16-24-5-6-25(11-27(24)29(35)36)30(17-37-18-30)12-28-32-31-19-33(28)4/h5-6,8-11,19,21-22H,7,12-18H2,1-4H3/t21-,22-/m0/s1. The molecule has 7 nitrogen and oxygen atoms in total. The van der Waals surface area contributed by atoms with Gasteiger partial charge in [-0.1, -0.05) is 32.0 Å². The van der Waals surface area contributed by atoms with Crippen molar-refractivity contribution in [2.45, 2.75) is 52.1 Å². The minimum atomic E-state index is -0.164. The second-order valence-electron chi connectivity index (χ2n) is 11.9. The number of anilines is 1. The molecule has 0 saturated carbocycles. The Hall–Kier alpha value is -3.03. The summed E-state index contributed by atoms with van der Waals surface area (Å²) < 4.78 is 7.62. The number of benzene rings is 2. The van der Waals surface area contributed by atoms with Crippen LogP contribution >= 0.6 is 0 Å². The highest BCUT2D eigenvalue weighted by atomic mass is 16.5. The third-order valence-electron chi connectivity index (χ3n) is 8.37. The number of carbonyl (C=O) groups excluding carboxylic acids is 1. The molecule has 1 aromatic heterocycles. The van der Waals surface area contributed by atoms with Crippen LogP contribution in [0.1, 0.15) is 58.7 Å². The first kappa shape index (κ1) is 24.3. The van der Waals surface area contributed by atoms with E-state index < -0.39 is 0 Å². The number of fused-ring (bicyclic) bond motifs is 1. The van der Waals surface area contributed by atoms with Crippen LogP contribution in [0.2, 0.25) is 0 Å². The van der Waals surface area contributed by atoms with Gasteiger partial charge in [-0.3, -0.25) is 9.69 Å². The van der Waals surface area contributed by atoms with Gasteiger partial charge in [-0.2, -0.15) is 0 Å². The van der Waals surface area contributed by atoms with Gasteiger partial charge < -0.3 is 14.2 Å². The number of aromatic nitrogens is 3. The van der Waals surface area contributed by atoms with Crippen LogP contribution < -0.4 is 4.90 Å². The highest BCUT2D eigenvalue weighted by Crippen LogP contribution is 2.39. The average Bonchev–Trinajstić information content (AvgIpc) is 3.37. The third-order valence-corrected chi connectivity index (χ3v) is 8.37. The zero-order valence-corrected chi connectivity index (χ0v) is 22.4. The second kappa shape index (κ2) is 9.37. The molecule has 3 aliphatic heterocycles. The van der Waals surface area contributed by atoms with Crippen molar-refractivity contribution in [1.29, 1.82) is 0 Å². The summed E-state index contributed by atoms with van der Waals surface area (Å²) in [6.45, 7) is 11.9. The first-order valence-electron chi connectivity index (χ1n) is 13.5. The Bertz CT molecular complexity index is 1320. The van der Waals surface area contributed by atoms with Crippen LogP contribution in [0, 0.1) is 18.8 Å². The molecule has 7 heteroatoms. The summed E-state index contributed by atoms with van der Waals surface area (Å²) in [5.74, 6) is 2.48. The van der Waals surface area contributed by atoms with E-state index in [1.165, 1.54) is 17.5 Å². The molecule has 6 rings (SSSR count). The highest BCUT2D eigenvalue weighted by molar-refractivity contribution is 6.10. The Morgan fingerprint density at radius 3 is 2.54 bits per heavy atom. The Morgan fingerprint density at radius 2 is 1.86 bits per heavy atom. The van der Waals surface area contributed by atoms with E-state index in [4.69, 9.17) is 4.74 Å². The minimum absolute atomic E-state index is 0.0858. The molecule has 2 saturated heterocycles. The molecule has 0 spiro atoms. The molecule has 37 heavy (non-hydrogen) atoms. The van der Waals surface area contributed by atoms with Gasteiger partial charge in [0.15, 0.2) is 0 Å². The van der Waals surface area contributed by atoms with E-state index in [1.54, 1.807) is 6.33 Å². The number of carbonyl (C=O) groups is 1. The van der Waals surface area contributed by atoms with Crippen molar-refractivity contribution in [2.75, 3.05) is 31.2 Å². The van der Waals surface area contributed by atoms with Gasteiger partial charge in [0.1, 0.15) is 12.2 Å². The second-order valence-corrected chi connectivity index (χ2v) is 11.9. The molecule has 2 atom stereocenters. The average molecular weight is 500 g/mol. The van der Waals surface area contributed by atoms with Gasteiger partial charge in [-0.25, -0.2) is 0 Å². The molecule has 2 fully saturated rings. The van der Waals surface area contributed by atoms with E-state index in [0.717, 1.165) is 66.1 Å². The summed E-state index contributed by atoms with van der Waals surface area (Å²) in [7, 11) is 1.97. The molecule has 3 aliphatic rings. The number of amides is 1. The molecule has 0 unspecified atom stereocenters. The smallest absolute Gasteiger partial charge is 0.258 e. The summed E-state index contributed by atoms with van der Waals surface area (Å²) >= 11 is 0. The van der Waals surface area contributed by atoms with Crippen LogP contribution in [-0.2, 0) is 36.7 Å². The van der Waals surface area contributed by atoms with Crippen molar-refractivity contribution in [3.8, 4) is 0 Å². The number of nitrogens with zero attached hydrogens (tertiary/aromatic N) is 5. The van der Waals surface area contributed by atoms with Crippen molar-refractivity contribution in [3.63, 3.8) is 0 Å². The van der Waals surface area contributed by atoms with E-state index >= 15 is 0 Å². The molecular formula is C30H37N5O2. The Kier molecular flexibility index (Phi) is 6.16. The summed E-state index contributed by atoms with van der Waals surface area (Å²) in [6.07, 6.45) is 3.79. The van der Waals surface area contributed by atoms with Crippen LogP contribution in [-0.4, -0.2) is 51.9 Å². The predicted molar refractivity (Wildman–Crippen MR) is 144 cm³/mol. The Morgan fingerprint density at radius 1 is 1.08 bits per heavy atom. The number of rotatable bonds is 6. The van der Waals surface area contributed by atoms with E-state index in [-0.39, 0.29) is 11.3 Å². The van der Waals surface area contributed by atoms with Crippen LogP contribution in [0.15, 0.2) is 42.7 Å². The fraction of sp³-hybridized carbons (Fsp3) is 0.500. The zero-order valence-electron chi connectivity index (χ0n) is 22.4. The topological polar surface area (TPSA) is 63.5 Å². The maximum atomic E-state index is 13.7. The van der Waals surface area contributed by atoms with Crippen LogP contribution in [0.3, 0.4) is 0 Å². The maximum absolute atomic E-state index is 13.7. The first-order chi connectivity index (χ1) is 17.8. The van der Waals surface area contributed by atoms with Gasteiger partial charge in [0.2, 0.25) is 0 Å².